The Balaban J connectivity index is 2.07. The molecule has 1 unspecified atom stereocenters. The van der Waals surface area contributed by atoms with Gasteiger partial charge in [-0.2, -0.15) is 17.0 Å². The van der Waals surface area contributed by atoms with E-state index in [0.29, 0.717) is 30.6 Å². The fourth-order valence-corrected chi connectivity index (χ4v) is 3.78. The highest BCUT2D eigenvalue weighted by Crippen LogP contribution is 2.22. The summed E-state index contributed by atoms with van der Waals surface area (Å²) >= 11 is 0. The van der Waals surface area contributed by atoms with E-state index in [9.17, 15) is 18.0 Å². The summed E-state index contributed by atoms with van der Waals surface area (Å²) in [6.45, 7) is 0.545. The van der Waals surface area contributed by atoms with Gasteiger partial charge in [0.15, 0.2) is 0 Å². The third kappa shape index (κ3) is 4.11. The van der Waals surface area contributed by atoms with Crippen LogP contribution < -0.4 is 11.1 Å². The summed E-state index contributed by atoms with van der Waals surface area (Å²) in [6.07, 6.45) is 1.23. The number of amides is 2. The standard InChI is InChI=1S/C15H22N4O4S/c1-18(2)24(22,23)19-8-4-6-12(10-19)15(21)17-13-7-3-5-11(9-13)14(16)20/h3,5,7,9,12H,4,6,8,10H2,1-2H3,(H2,16,20)(H,17,21). The topological polar surface area (TPSA) is 113 Å². The Morgan fingerprint density at radius 3 is 2.67 bits per heavy atom. The summed E-state index contributed by atoms with van der Waals surface area (Å²) in [6, 6.07) is 6.34. The van der Waals surface area contributed by atoms with E-state index in [0.717, 1.165) is 4.31 Å². The van der Waals surface area contributed by atoms with Crippen molar-refractivity contribution in [3.8, 4) is 0 Å². The van der Waals surface area contributed by atoms with E-state index in [-0.39, 0.29) is 12.5 Å². The van der Waals surface area contributed by atoms with Crippen molar-refractivity contribution in [3.63, 3.8) is 0 Å². The Labute approximate surface area is 141 Å². The number of benzene rings is 1. The van der Waals surface area contributed by atoms with E-state index >= 15 is 0 Å². The molecule has 1 heterocycles. The van der Waals surface area contributed by atoms with E-state index in [4.69, 9.17) is 5.73 Å². The van der Waals surface area contributed by atoms with Crippen molar-refractivity contribution >= 4 is 27.7 Å². The van der Waals surface area contributed by atoms with Crippen molar-refractivity contribution in [3.05, 3.63) is 29.8 Å². The van der Waals surface area contributed by atoms with Crippen LogP contribution in [-0.2, 0) is 15.0 Å². The van der Waals surface area contributed by atoms with Gasteiger partial charge in [-0.1, -0.05) is 6.07 Å². The van der Waals surface area contributed by atoms with Crippen molar-refractivity contribution in [2.24, 2.45) is 11.7 Å². The third-order valence-corrected chi connectivity index (χ3v) is 5.86. The molecule has 24 heavy (non-hydrogen) atoms. The molecule has 1 saturated heterocycles. The van der Waals surface area contributed by atoms with Crippen LogP contribution in [0.25, 0.3) is 0 Å². The molecule has 0 saturated carbocycles. The SMILES string of the molecule is CN(C)S(=O)(=O)N1CCCC(C(=O)Nc2cccc(C(N)=O)c2)C1. The van der Waals surface area contributed by atoms with Gasteiger partial charge in [-0.05, 0) is 31.0 Å². The molecule has 0 radical (unpaired) electrons. The second-order valence-corrected chi connectivity index (χ2v) is 8.06. The van der Waals surface area contributed by atoms with E-state index in [1.54, 1.807) is 18.2 Å². The summed E-state index contributed by atoms with van der Waals surface area (Å²) in [5.74, 6) is -1.28. The van der Waals surface area contributed by atoms with Gasteiger partial charge in [-0.3, -0.25) is 9.59 Å². The smallest absolute Gasteiger partial charge is 0.281 e. The van der Waals surface area contributed by atoms with Gasteiger partial charge in [0.1, 0.15) is 0 Å². The number of nitrogens with one attached hydrogen (secondary N) is 1. The summed E-state index contributed by atoms with van der Waals surface area (Å²) in [7, 11) is -0.598. The predicted molar refractivity (Wildman–Crippen MR) is 90.5 cm³/mol. The molecular weight excluding hydrogens is 332 g/mol. The van der Waals surface area contributed by atoms with Gasteiger partial charge >= 0.3 is 0 Å². The van der Waals surface area contributed by atoms with Crippen LogP contribution in [0.2, 0.25) is 0 Å². The van der Waals surface area contributed by atoms with Crippen molar-refractivity contribution < 1.29 is 18.0 Å². The van der Waals surface area contributed by atoms with E-state index < -0.39 is 22.0 Å². The predicted octanol–water partition coefficient (Wildman–Crippen LogP) is 0.242. The molecule has 1 atom stereocenters. The number of hydrogen-bond donors (Lipinski definition) is 2. The lowest BCUT2D eigenvalue weighted by atomic mass is 9.98. The van der Waals surface area contributed by atoms with E-state index in [2.05, 4.69) is 5.32 Å². The minimum atomic E-state index is -3.53. The Hall–Kier alpha value is -1.97. The number of nitrogens with zero attached hydrogens (tertiary/aromatic N) is 2. The lowest BCUT2D eigenvalue weighted by molar-refractivity contribution is -0.120. The molecule has 0 aliphatic carbocycles. The second-order valence-electron chi connectivity index (χ2n) is 5.92. The molecule has 0 bridgehead atoms. The van der Waals surface area contributed by atoms with Crippen molar-refractivity contribution in [2.75, 3.05) is 32.5 Å². The highest BCUT2D eigenvalue weighted by Gasteiger charge is 2.33. The molecule has 1 aromatic carbocycles. The molecule has 3 N–H and O–H groups in total. The number of anilines is 1. The summed E-state index contributed by atoms with van der Waals surface area (Å²) < 4.78 is 26.9. The van der Waals surface area contributed by atoms with Crippen LogP contribution in [0.4, 0.5) is 5.69 Å². The zero-order valence-electron chi connectivity index (χ0n) is 13.7. The highest BCUT2D eigenvalue weighted by atomic mass is 32.2. The molecule has 1 aromatic rings. The Morgan fingerprint density at radius 1 is 1.33 bits per heavy atom. The molecule has 132 valence electrons. The monoisotopic (exact) mass is 354 g/mol. The van der Waals surface area contributed by atoms with Crippen LogP contribution in [-0.4, -0.2) is 56.0 Å². The summed E-state index contributed by atoms with van der Waals surface area (Å²) in [5.41, 5.74) is 5.98. The molecule has 9 heteroatoms. The largest absolute Gasteiger partial charge is 0.366 e. The van der Waals surface area contributed by atoms with E-state index in [1.807, 2.05) is 0 Å². The van der Waals surface area contributed by atoms with Crippen LogP contribution in [0, 0.1) is 5.92 Å². The second kappa shape index (κ2) is 7.29. The van der Waals surface area contributed by atoms with Gasteiger partial charge in [0.25, 0.3) is 10.2 Å². The van der Waals surface area contributed by atoms with Crippen LogP contribution >= 0.6 is 0 Å². The van der Waals surface area contributed by atoms with Crippen LogP contribution in [0.5, 0.6) is 0 Å². The first-order valence-corrected chi connectivity index (χ1v) is 9.00. The lowest BCUT2D eigenvalue weighted by Gasteiger charge is -2.32. The number of primary amides is 1. The fourth-order valence-electron chi connectivity index (χ4n) is 2.59. The van der Waals surface area contributed by atoms with Gasteiger partial charge in [0.2, 0.25) is 11.8 Å². The van der Waals surface area contributed by atoms with Crippen LogP contribution in [0.15, 0.2) is 24.3 Å². The summed E-state index contributed by atoms with van der Waals surface area (Å²) in [5, 5.41) is 2.73. The molecule has 1 aliphatic heterocycles. The zero-order chi connectivity index (χ0) is 17.9. The molecular formula is C15H22N4O4S. The third-order valence-electron chi connectivity index (χ3n) is 3.96. The lowest BCUT2D eigenvalue weighted by Crippen LogP contribution is -2.47. The fraction of sp³-hybridized carbons (Fsp3) is 0.467. The van der Waals surface area contributed by atoms with Gasteiger partial charge in [0, 0.05) is 38.4 Å². The van der Waals surface area contributed by atoms with Crippen molar-refractivity contribution in [1.82, 2.24) is 8.61 Å². The van der Waals surface area contributed by atoms with Crippen molar-refractivity contribution in [1.29, 1.82) is 0 Å². The van der Waals surface area contributed by atoms with Gasteiger partial charge in [-0.15, -0.1) is 0 Å². The van der Waals surface area contributed by atoms with Gasteiger partial charge in [-0.25, -0.2) is 0 Å². The number of piperidine rings is 1. The van der Waals surface area contributed by atoms with Crippen LogP contribution in [0.1, 0.15) is 23.2 Å². The molecule has 2 amide bonds. The normalized spacial score (nSPS) is 19.2. The Bertz CT molecular complexity index is 733. The first-order chi connectivity index (χ1) is 11.2. The van der Waals surface area contributed by atoms with Crippen LogP contribution in [0.3, 0.4) is 0 Å². The highest BCUT2D eigenvalue weighted by molar-refractivity contribution is 7.86. The number of rotatable bonds is 5. The maximum atomic E-state index is 12.4. The number of carbonyl (C=O) groups is 2. The molecule has 2 rings (SSSR count). The minimum absolute atomic E-state index is 0.141. The summed E-state index contributed by atoms with van der Waals surface area (Å²) in [4.78, 5) is 23.6. The average Bonchev–Trinajstić information content (AvgIpc) is 2.55. The number of carbonyl (C=O) groups excluding carboxylic acids is 2. The average molecular weight is 354 g/mol. The zero-order valence-corrected chi connectivity index (χ0v) is 14.5. The molecule has 1 fully saturated rings. The van der Waals surface area contributed by atoms with E-state index in [1.165, 1.54) is 24.5 Å². The minimum Gasteiger partial charge on any atom is -0.366 e. The van der Waals surface area contributed by atoms with Gasteiger partial charge < -0.3 is 11.1 Å². The Morgan fingerprint density at radius 2 is 2.04 bits per heavy atom. The molecule has 0 aromatic heterocycles. The Kier molecular flexibility index (Phi) is 5.58. The number of hydrogen-bond acceptors (Lipinski definition) is 4. The first-order valence-electron chi connectivity index (χ1n) is 7.60. The van der Waals surface area contributed by atoms with Crippen molar-refractivity contribution in [2.45, 2.75) is 12.8 Å². The van der Waals surface area contributed by atoms with Gasteiger partial charge in [0.05, 0.1) is 5.92 Å². The molecule has 8 nitrogen and oxygen atoms in total. The molecule has 1 aliphatic rings. The maximum absolute atomic E-state index is 12.4. The maximum Gasteiger partial charge on any atom is 0.281 e. The molecule has 0 spiro atoms. The number of nitrogens with two attached hydrogens (primary N) is 1. The first kappa shape index (κ1) is 18.4. The quantitative estimate of drug-likeness (QED) is 0.788.